The Morgan fingerprint density at radius 2 is 1.83 bits per heavy atom. The van der Waals surface area contributed by atoms with Crippen molar-refractivity contribution in [2.75, 3.05) is 7.11 Å². The molecule has 0 spiro atoms. The molecule has 2 aromatic rings. The molecule has 3 rings (SSSR count). The third-order valence-electron chi connectivity index (χ3n) is 4.62. The van der Waals surface area contributed by atoms with Crippen molar-refractivity contribution in [1.29, 1.82) is 0 Å². The highest BCUT2D eigenvalue weighted by molar-refractivity contribution is 7.81. The number of methoxy groups -OCH3 is 1. The van der Waals surface area contributed by atoms with Crippen LogP contribution in [0.1, 0.15) is 43.1 Å². The number of ether oxygens (including phenoxy) is 2. The molecule has 2 aromatic carbocycles. The molecule has 0 saturated heterocycles. The van der Waals surface area contributed by atoms with Crippen molar-refractivity contribution in [3.05, 3.63) is 59.2 Å². The van der Waals surface area contributed by atoms with Gasteiger partial charge in [-0.3, -0.25) is 4.55 Å². The lowest BCUT2D eigenvalue weighted by atomic mass is 9.96. The molecular weight excluding hydrogens is 396 g/mol. The van der Waals surface area contributed by atoms with Gasteiger partial charge in [-0.1, -0.05) is 18.2 Å². The van der Waals surface area contributed by atoms with Gasteiger partial charge in [0, 0.05) is 0 Å². The van der Waals surface area contributed by atoms with Crippen LogP contribution in [-0.4, -0.2) is 30.8 Å². The summed E-state index contributed by atoms with van der Waals surface area (Å²) in [5.74, 6) is 1.45. The van der Waals surface area contributed by atoms with E-state index in [0.29, 0.717) is 18.4 Å². The molecule has 2 N–H and O–H groups in total. The SMILES string of the molecule is COc1c(CCC(O)c2ccc(OS(=O)(=O)O)cc2)ccc2c1C=CC(C)(C)O2. The first-order chi connectivity index (χ1) is 13.6. The predicted octanol–water partition coefficient (Wildman–Crippen LogP) is 3.73. The van der Waals surface area contributed by atoms with E-state index in [1.54, 1.807) is 19.2 Å². The van der Waals surface area contributed by atoms with Gasteiger partial charge in [0.25, 0.3) is 0 Å². The van der Waals surface area contributed by atoms with Gasteiger partial charge < -0.3 is 18.8 Å². The van der Waals surface area contributed by atoms with E-state index in [4.69, 9.17) is 14.0 Å². The Bertz CT molecular complexity index is 1010. The van der Waals surface area contributed by atoms with Crippen molar-refractivity contribution in [2.24, 2.45) is 0 Å². The highest BCUT2D eigenvalue weighted by Crippen LogP contribution is 2.39. The molecule has 29 heavy (non-hydrogen) atoms. The van der Waals surface area contributed by atoms with Gasteiger partial charge in [0.05, 0.1) is 18.8 Å². The van der Waals surface area contributed by atoms with Gasteiger partial charge in [0.15, 0.2) is 0 Å². The smallest absolute Gasteiger partial charge is 0.446 e. The first-order valence-corrected chi connectivity index (χ1v) is 10.5. The summed E-state index contributed by atoms with van der Waals surface area (Å²) in [7, 11) is -2.96. The minimum absolute atomic E-state index is 0.0329. The van der Waals surface area contributed by atoms with E-state index in [9.17, 15) is 13.5 Å². The van der Waals surface area contributed by atoms with Crippen LogP contribution in [0.25, 0.3) is 6.08 Å². The zero-order chi connectivity index (χ0) is 21.2. The van der Waals surface area contributed by atoms with E-state index in [0.717, 1.165) is 22.6 Å². The van der Waals surface area contributed by atoms with Crippen LogP contribution in [0, 0.1) is 0 Å². The molecule has 0 saturated carbocycles. The third-order valence-corrected chi connectivity index (χ3v) is 5.02. The summed E-state index contributed by atoms with van der Waals surface area (Å²) in [6.07, 6.45) is 4.21. The van der Waals surface area contributed by atoms with Gasteiger partial charge in [-0.25, -0.2) is 0 Å². The monoisotopic (exact) mass is 420 g/mol. The van der Waals surface area contributed by atoms with E-state index in [-0.39, 0.29) is 11.4 Å². The Morgan fingerprint density at radius 1 is 1.14 bits per heavy atom. The lowest BCUT2D eigenvalue weighted by Crippen LogP contribution is -2.27. The zero-order valence-electron chi connectivity index (χ0n) is 16.5. The zero-order valence-corrected chi connectivity index (χ0v) is 17.3. The van der Waals surface area contributed by atoms with Crippen molar-refractivity contribution < 1.29 is 31.7 Å². The first-order valence-electron chi connectivity index (χ1n) is 9.11. The topological polar surface area (TPSA) is 102 Å². The molecule has 0 fully saturated rings. The Hall–Kier alpha value is -2.55. The summed E-state index contributed by atoms with van der Waals surface area (Å²) in [4.78, 5) is 0. The van der Waals surface area contributed by atoms with Crippen LogP contribution in [0.15, 0.2) is 42.5 Å². The fourth-order valence-electron chi connectivity index (χ4n) is 3.24. The molecule has 0 aliphatic carbocycles. The maximum absolute atomic E-state index is 10.7. The van der Waals surface area contributed by atoms with E-state index in [1.807, 2.05) is 38.1 Å². The Kier molecular flexibility index (Phi) is 5.88. The summed E-state index contributed by atoms with van der Waals surface area (Å²) < 4.78 is 46.1. The molecule has 0 bridgehead atoms. The molecule has 0 aromatic heterocycles. The van der Waals surface area contributed by atoms with Crippen molar-refractivity contribution in [1.82, 2.24) is 0 Å². The lowest BCUT2D eigenvalue weighted by Gasteiger charge is -2.29. The molecule has 156 valence electrons. The molecule has 1 aliphatic heterocycles. The van der Waals surface area contributed by atoms with E-state index in [2.05, 4.69) is 4.18 Å². The predicted molar refractivity (Wildman–Crippen MR) is 109 cm³/mol. The highest BCUT2D eigenvalue weighted by Gasteiger charge is 2.25. The molecule has 1 atom stereocenters. The number of aliphatic hydroxyl groups is 1. The quantitative estimate of drug-likeness (QED) is 0.658. The standard InChI is InChI=1S/C21H24O7S/c1-21(2)13-12-17-19(27-21)11-7-15(20(17)26-3)6-10-18(22)14-4-8-16(9-5-14)28-29(23,24)25/h4-5,7-9,11-13,18,22H,6,10H2,1-3H3,(H,23,24,25). The summed E-state index contributed by atoms with van der Waals surface area (Å²) >= 11 is 0. The fourth-order valence-corrected chi connectivity index (χ4v) is 3.59. The second kappa shape index (κ2) is 8.06. The minimum Gasteiger partial charge on any atom is -0.496 e. The first kappa shape index (κ1) is 21.2. The van der Waals surface area contributed by atoms with E-state index in [1.165, 1.54) is 12.1 Å². The maximum Gasteiger partial charge on any atom is 0.446 e. The Morgan fingerprint density at radius 3 is 2.45 bits per heavy atom. The summed E-state index contributed by atoms with van der Waals surface area (Å²) in [6, 6.07) is 9.68. The van der Waals surface area contributed by atoms with Crippen LogP contribution >= 0.6 is 0 Å². The van der Waals surface area contributed by atoms with Gasteiger partial charge in [-0.05, 0) is 68.2 Å². The van der Waals surface area contributed by atoms with Crippen LogP contribution in [0.5, 0.6) is 17.2 Å². The molecule has 1 unspecified atom stereocenters. The highest BCUT2D eigenvalue weighted by atomic mass is 32.3. The number of hydrogen-bond donors (Lipinski definition) is 2. The average molecular weight is 420 g/mol. The number of hydrogen-bond acceptors (Lipinski definition) is 6. The molecule has 0 amide bonds. The number of rotatable bonds is 7. The van der Waals surface area contributed by atoms with Gasteiger partial charge >= 0.3 is 10.4 Å². The van der Waals surface area contributed by atoms with Crippen LogP contribution in [0.4, 0.5) is 0 Å². The molecule has 7 nitrogen and oxygen atoms in total. The lowest BCUT2D eigenvalue weighted by molar-refractivity contribution is 0.158. The Balaban J connectivity index is 1.71. The van der Waals surface area contributed by atoms with Crippen molar-refractivity contribution >= 4 is 16.5 Å². The molecule has 1 aliphatic rings. The minimum atomic E-state index is -4.57. The van der Waals surface area contributed by atoms with Crippen LogP contribution < -0.4 is 13.7 Å². The maximum atomic E-state index is 10.7. The number of aryl methyl sites for hydroxylation is 1. The normalized spacial score (nSPS) is 15.9. The van der Waals surface area contributed by atoms with Crippen molar-refractivity contribution in [2.45, 2.75) is 38.4 Å². The largest absolute Gasteiger partial charge is 0.496 e. The second-order valence-corrected chi connectivity index (χ2v) is 8.37. The fraction of sp³-hybridized carbons (Fsp3) is 0.333. The van der Waals surface area contributed by atoms with E-state index >= 15 is 0 Å². The van der Waals surface area contributed by atoms with Crippen LogP contribution in [0.3, 0.4) is 0 Å². The van der Waals surface area contributed by atoms with Crippen LogP contribution in [0.2, 0.25) is 0 Å². The average Bonchev–Trinajstić information content (AvgIpc) is 2.64. The van der Waals surface area contributed by atoms with Gasteiger partial charge in [0.1, 0.15) is 22.8 Å². The number of aliphatic hydroxyl groups excluding tert-OH is 1. The number of benzene rings is 2. The Labute approximate surface area is 170 Å². The van der Waals surface area contributed by atoms with Gasteiger partial charge in [-0.2, -0.15) is 8.42 Å². The summed E-state index contributed by atoms with van der Waals surface area (Å²) in [6.45, 7) is 3.96. The third kappa shape index (κ3) is 5.29. The number of fused-ring (bicyclic) bond motifs is 1. The summed E-state index contributed by atoms with van der Waals surface area (Å²) in [5.41, 5.74) is 2.06. The van der Waals surface area contributed by atoms with Gasteiger partial charge in [0.2, 0.25) is 0 Å². The van der Waals surface area contributed by atoms with Gasteiger partial charge in [-0.15, -0.1) is 0 Å². The van der Waals surface area contributed by atoms with Crippen LogP contribution in [-0.2, 0) is 16.8 Å². The molecule has 0 radical (unpaired) electrons. The van der Waals surface area contributed by atoms with E-state index < -0.39 is 16.5 Å². The van der Waals surface area contributed by atoms with Crippen molar-refractivity contribution in [3.63, 3.8) is 0 Å². The van der Waals surface area contributed by atoms with Crippen molar-refractivity contribution in [3.8, 4) is 17.2 Å². The summed E-state index contributed by atoms with van der Waals surface area (Å²) in [5, 5.41) is 10.5. The molecular formula is C21H24O7S. The molecule has 1 heterocycles. The molecule has 8 heteroatoms. The second-order valence-electron chi connectivity index (χ2n) is 7.34.